The van der Waals surface area contributed by atoms with Gasteiger partial charge in [-0.2, -0.15) is 0 Å². The van der Waals surface area contributed by atoms with E-state index < -0.39 is 0 Å². The fourth-order valence-corrected chi connectivity index (χ4v) is 3.04. The van der Waals surface area contributed by atoms with Gasteiger partial charge >= 0.3 is 0 Å². The summed E-state index contributed by atoms with van der Waals surface area (Å²) in [4.78, 5) is 2.17. The quantitative estimate of drug-likeness (QED) is 0.611. The highest BCUT2D eigenvalue weighted by Gasteiger charge is 2.04. The highest BCUT2D eigenvalue weighted by molar-refractivity contribution is 7.99. The summed E-state index contributed by atoms with van der Waals surface area (Å²) in [5, 5.41) is 3.85. The van der Waals surface area contributed by atoms with E-state index in [0.717, 1.165) is 17.1 Å². The third-order valence-electron chi connectivity index (χ3n) is 2.49. The molecule has 1 N–H and O–H groups in total. The van der Waals surface area contributed by atoms with Crippen LogP contribution in [0.25, 0.3) is 0 Å². The van der Waals surface area contributed by atoms with Gasteiger partial charge in [0, 0.05) is 22.3 Å². The molecule has 0 aliphatic heterocycles. The smallest absolute Gasteiger partial charge is 0.106 e. The molecule has 1 aromatic rings. The van der Waals surface area contributed by atoms with Crippen LogP contribution >= 0.6 is 24.0 Å². The average Bonchev–Trinajstić information content (AvgIpc) is 2.30. The molecule has 0 saturated heterocycles. The van der Waals surface area contributed by atoms with Crippen LogP contribution in [0.3, 0.4) is 0 Å². The fourth-order valence-electron chi connectivity index (χ4n) is 1.65. The Morgan fingerprint density at radius 2 is 1.94 bits per heavy atom. The normalized spacial score (nSPS) is 12.2. The SMILES string of the molecule is CCCC(C)Sc1ccc(C(=S)NCC)cc1. The van der Waals surface area contributed by atoms with Crippen molar-refractivity contribution in [2.75, 3.05) is 6.54 Å². The van der Waals surface area contributed by atoms with E-state index in [4.69, 9.17) is 12.2 Å². The zero-order chi connectivity index (χ0) is 12.7. The second-order valence-corrected chi connectivity index (χ2v) is 6.02. The summed E-state index contributed by atoms with van der Waals surface area (Å²) in [6.07, 6.45) is 2.51. The Kier molecular flexibility index (Phi) is 6.60. The van der Waals surface area contributed by atoms with Gasteiger partial charge in [-0.05, 0) is 25.5 Å². The van der Waals surface area contributed by atoms with Crippen molar-refractivity contribution in [2.45, 2.75) is 43.8 Å². The van der Waals surface area contributed by atoms with Gasteiger partial charge in [-0.1, -0.05) is 44.6 Å². The van der Waals surface area contributed by atoms with Gasteiger partial charge in [0.2, 0.25) is 0 Å². The van der Waals surface area contributed by atoms with Crippen LogP contribution in [-0.2, 0) is 0 Å². The van der Waals surface area contributed by atoms with Crippen molar-refractivity contribution in [1.29, 1.82) is 0 Å². The maximum absolute atomic E-state index is 5.27. The van der Waals surface area contributed by atoms with E-state index in [1.54, 1.807) is 0 Å². The standard InChI is InChI=1S/C14H21NS2/c1-4-6-11(3)17-13-9-7-12(8-10-13)14(16)15-5-2/h7-11H,4-6H2,1-3H3,(H,15,16). The summed E-state index contributed by atoms with van der Waals surface area (Å²) in [7, 11) is 0. The minimum atomic E-state index is 0.687. The zero-order valence-corrected chi connectivity index (χ0v) is 12.5. The largest absolute Gasteiger partial charge is 0.376 e. The molecule has 0 bridgehead atoms. The first kappa shape index (κ1) is 14.5. The lowest BCUT2D eigenvalue weighted by atomic mass is 10.2. The monoisotopic (exact) mass is 267 g/mol. The van der Waals surface area contributed by atoms with Gasteiger partial charge < -0.3 is 5.32 Å². The molecule has 0 radical (unpaired) electrons. The van der Waals surface area contributed by atoms with E-state index in [1.807, 2.05) is 11.8 Å². The minimum Gasteiger partial charge on any atom is -0.376 e. The van der Waals surface area contributed by atoms with E-state index in [9.17, 15) is 0 Å². The zero-order valence-electron chi connectivity index (χ0n) is 10.8. The Labute approximate surface area is 114 Å². The summed E-state index contributed by atoms with van der Waals surface area (Å²) in [6.45, 7) is 7.45. The maximum atomic E-state index is 5.27. The lowest BCUT2D eigenvalue weighted by molar-refractivity contribution is 0.787. The van der Waals surface area contributed by atoms with E-state index >= 15 is 0 Å². The van der Waals surface area contributed by atoms with Gasteiger partial charge in [-0.3, -0.25) is 0 Å². The van der Waals surface area contributed by atoms with Crippen LogP contribution in [0, 0.1) is 0 Å². The molecule has 0 fully saturated rings. The molecule has 0 saturated carbocycles. The molecule has 0 aliphatic rings. The minimum absolute atomic E-state index is 0.687. The third kappa shape index (κ3) is 5.09. The molecule has 17 heavy (non-hydrogen) atoms. The Bertz CT molecular complexity index is 346. The number of hydrogen-bond acceptors (Lipinski definition) is 2. The van der Waals surface area contributed by atoms with Gasteiger partial charge in [0.05, 0.1) is 0 Å². The molecule has 0 aliphatic carbocycles. The molecule has 1 aromatic carbocycles. The summed E-state index contributed by atoms with van der Waals surface area (Å²) in [6, 6.07) is 8.53. The molecule has 94 valence electrons. The van der Waals surface area contributed by atoms with Crippen LogP contribution in [0.4, 0.5) is 0 Å². The first-order chi connectivity index (χ1) is 8.17. The molecule has 0 aromatic heterocycles. The van der Waals surface area contributed by atoms with E-state index in [0.29, 0.717) is 5.25 Å². The number of thioether (sulfide) groups is 1. The molecule has 0 amide bonds. The molecule has 1 unspecified atom stereocenters. The molecule has 1 atom stereocenters. The second-order valence-electron chi connectivity index (χ2n) is 4.10. The number of benzene rings is 1. The summed E-state index contributed by atoms with van der Waals surface area (Å²) in [5.74, 6) is 0. The summed E-state index contributed by atoms with van der Waals surface area (Å²) >= 11 is 7.21. The van der Waals surface area contributed by atoms with Crippen molar-refractivity contribution in [3.05, 3.63) is 29.8 Å². The summed E-state index contributed by atoms with van der Waals surface area (Å²) in [5.41, 5.74) is 1.11. The van der Waals surface area contributed by atoms with Crippen LogP contribution < -0.4 is 5.32 Å². The van der Waals surface area contributed by atoms with Crippen molar-refractivity contribution < 1.29 is 0 Å². The van der Waals surface area contributed by atoms with Crippen LogP contribution in [0.15, 0.2) is 29.2 Å². The molecule has 0 heterocycles. The van der Waals surface area contributed by atoms with Gasteiger partial charge in [-0.25, -0.2) is 0 Å². The molecule has 1 rings (SSSR count). The predicted molar refractivity (Wildman–Crippen MR) is 82.0 cm³/mol. The Morgan fingerprint density at radius 3 is 2.47 bits per heavy atom. The fraction of sp³-hybridized carbons (Fsp3) is 0.500. The summed E-state index contributed by atoms with van der Waals surface area (Å²) < 4.78 is 0. The Balaban J connectivity index is 2.58. The molecule has 3 heteroatoms. The van der Waals surface area contributed by atoms with Crippen LogP contribution in [0.5, 0.6) is 0 Å². The van der Waals surface area contributed by atoms with Crippen LogP contribution in [-0.4, -0.2) is 16.8 Å². The number of hydrogen-bond donors (Lipinski definition) is 1. The van der Waals surface area contributed by atoms with Gasteiger partial charge in [0.1, 0.15) is 4.99 Å². The molecule has 0 spiro atoms. The Hall–Kier alpha value is -0.540. The third-order valence-corrected chi connectivity index (χ3v) is 4.05. The number of thiocarbonyl (C=S) groups is 1. The van der Waals surface area contributed by atoms with Crippen molar-refractivity contribution in [3.63, 3.8) is 0 Å². The highest BCUT2D eigenvalue weighted by atomic mass is 32.2. The van der Waals surface area contributed by atoms with Gasteiger partial charge in [0.15, 0.2) is 0 Å². The molecule has 1 nitrogen and oxygen atoms in total. The lowest BCUT2D eigenvalue weighted by Crippen LogP contribution is -2.21. The molecular weight excluding hydrogens is 246 g/mol. The van der Waals surface area contributed by atoms with Crippen molar-refractivity contribution in [3.8, 4) is 0 Å². The highest BCUT2D eigenvalue weighted by Crippen LogP contribution is 2.26. The van der Waals surface area contributed by atoms with Crippen molar-refractivity contribution in [2.24, 2.45) is 0 Å². The van der Waals surface area contributed by atoms with Gasteiger partial charge in [-0.15, -0.1) is 11.8 Å². The first-order valence-electron chi connectivity index (χ1n) is 6.22. The van der Waals surface area contributed by atoms with Crippen molar-refractivity contribution >= 4 is 29.0 Å². The van der Waals surface area contributed by atoms with E-state index in [1.165, 1.54) is 17.7 Å². The predicted octanol–water partition coefficient (Wildman–Crippen LogP) is 4.25. The number of rotatable bonds is 6. The van der Waals surface area contributed by atoms with E-state index in [2.05, 4.69) is 50.4 Å². The average molecular weight is 267 g/mol. The van der Waals surface area contributed by atoms with Crippen LogP contribution in [0.1, 0.15) is 39.2 Å². The Morgan fingerprint density at radius 1 is 1.29 bits per heavy atom. The first-order valence-corrected chi connectivity index (χ1v) is 7.51. The molecular formula is C14H21NS2. The maximum Gasteiger partial charge on any atom is 0.106 e. The van der Waals surface area contributed by atoms with E-state index in [-0.39, 0.29) is 0 Å². The lowest BCUT2D eigenvalue weighted by Gasteiger charge is -2.10. The van der Waals surface area contributed by atoms with Crippen molar-refractivity contribution in [1.82, 2.24) is 5.32 Å². The second kappa shape index (κ2) is 7.72. The number of nitrogens with one attached hydrogen (secondary N) is 1. The topological polar surface area (TPSA) is 12.0 Å². The van der Waals surface area contributed by atoms with Crippen LogP contribution in [0.2, 0.25) is 0 Å². The van der Waals surface area contributed by atoms with Gasteiger partial charge in [0.25, 0.3) is 0 Å².